The number of hydrogen-bond donors (Lipinski definition) is 1. The Hall–Kier alpha value is -2.63. The molecule has 146 valence electrons. The third kappa shape index (κ3) is 3.96. The zero-order chi connectivity index (χ0) is 19.5. The molecule has 1 N–H and O–H groups in total. The summed E-state index contributed by atoms with van der Waals surface area (Å²) in [4.78, 5) is 18.6. The fraction of sp³-hybridized carbons (Fsp3) is 0.348. The fourth-order valence-electron chi connectivity index (χ4n) is 3.89. The van der Waals surface area contributed by atoms with Gasteiger partial charge in [0.2, 0.25) is 0 Å². The van der Waals surface area contributed by atoms with Crippen molar-refractivity contribution in [2.24, 2.45) is 0 Å². The number of aliphatic hydroxyl groups is 1. The molecule has 28 heavy (non-hydrogen) atoms. The van der Waals surface area contributed by atoms with Crippen molar-refractivity contribution in [2.75, 3.05) is 6.54 Å². The first kappa shape index (κ1) is 18.7. The SMILES string of the molecule is CC(O)CN(Cc1ccccc1)Oc1cccc2oc(=O)c3c(c12)CCCC3. The Morgan fingerprint density at radius 1 is 1.07 bits per heavy atom. The lowest BCUT2D eigenvalue weighted by Crippen LogP contribution is -2.33. The molecule has 0 saturated heterocycles. The van der Waals surface area contributed by atoms with Crippen LogP contribution >= 0.6 is 0 Å². The molecular formula is C23H25NO4. The number of aryl methyl sites for hydroxylation is 1. The summed E-state index contributed by atoms with van der Waals surface area (Å²) in [6.07, 6.45) is 3.14. The lowest BCUT2D eigenvalue weighted by molar-refractivity contribution is -0.0881. The van der Waals surface area contributed by atoms with Crippen molar-refractivity contribution in [1.82, 2.24) is 5.06 Å². The smallest absolute Gasteiger partial charge is 0.339 e. The van der Waals surface area contributed by atoms with Crippen LogP contribution in [0.3, 0.4) is 0 Å². The van der Waals surface area contributed by atoms with Crippen LogP contribution in [-0.4, -0.2) is 22.8 Å². The lowest BCUT2D eigenvalue weighted by Gasteiger charge is -2.25. The van der Waals surface area contributed by atoms with Gasteiger partial charge in [0, 0.05) is 5.56 Å². The van der Waals surface area contributed by atoms with Crippen LogP contribution < -0.4 is 10.5 Å². The van der Waals surface area contributed by atoms with Crippen molar-refractivity contribution in [2.45, 2.75) is 45.3 Å². The highest BCUT2D eigenvalue weighted by Gasteiger charge is 2.22. The number of aliphatic hydroxyl groups excluding tert-OH is 1. The second-order valence-corrected chi connectivity index (χ2v) is 7.43. The molecule has 4 rings (SSSR count). The maximum Gasteiger partial charge on any atom is 0.339 e. The Morgan fingerprint density at radius 2 is 1.82 bits per heavy atom. The van der Waals surface area contributed by atoms with Crippen molar-refractivity contribution in [3.63, 3.8) is 0 Å². The van der Waals surface area contributed by atoms with Crippen LogP contribution in [0.2, 0.25) is 0 Å². The Morgan fingerprint density at radius 3 is 2.57 bits per heavy atom. The highest BCUT2D eigenvalue weighted by molar-refractivity contribution is 5.87. The van der Waals surface area contributed by atoms with E-state index in [0.717, 1.165) is 47.8 Å². The summed E-state index contributed by atoms with van der Waals surface area (Å²) in [5.74, 6) is 0.663. The van der Waals surface area contributed by atoms with Gasteiger partial charge in [0.25, 0.3) is 0 Å². The molecule has 1 unspecified atom stereocenters. The van der Waals surface area contributed by atoms with Crippen LogP contribution in [0.15, 0.2) is 57.7 Å². The zero-order valence-electron chi connectivity index (χ0n) is 16.1. The zero-order valence-corrected chi connectivity index (χ0v) is 16.1. The van der Waals surface area contributed by atoms with Crippen molar-refractivity contribution in [3.8, 4) is 5.75 Å². The normalized spacial score (nSPS) is 14.8. The number of fused-ring (bicyclic) bond motifs is 3. The molecule has 0 spiro atoms. The van der Waals surface area contributed by atoms with Gasteiger partial charge in [-0.15, -0.1) is 5.06 Å². The average Bonchev–Trinajstić information content (AvgIpc) is 2.68. The van der Waals surface area contributed by atoms with Gasteiger partial charge in [0.15, 0.2) is 5.75 Å². The van der Waals surface area contributed by atoms with Crippen LogP contribution in [0, 0.1) is 0 Å². The van der Waals surface area contributed by atoms with Gasteiger partial charge in [-0.05, 0) is 55.9 Å². The van der Waals surface area contributed by atoms with Gasteiger partial charge in [-0.25, -0.2) is 4.79 Å². The first-order valence-corrected chi connectivity index (χ1v) is 9.84. The van der Waals surface area contributed by atoms with Crippen molar-refractivity contribution >= 4 is 11.0 Å². The van der Waals surface area contributed by atoms with Gasteiger partial charge < -0.3 is 14.4 Å². The predicted molar refractivity (Wildman–Crippen MR) is 108 cm³/mol. The summed E-state index contributed by atoms with van der Waals surface area (Å²) in [6.45, 7) is 2.65. The summed E-state index contributed by atoms with van der Waals surface area (Å²) in [6, 6.07) is 15.6. The minimum absolute atomic E-state index is 0.232. The van der Waals surface area contributed by atoms with Gasteiger partial charge in [0.05, 0.1) is 24.6 Å². The quantitative estimate of drug-likeness (QED) is 0.521. The minimum Gasteiger partial charge on any atom is -0.422 e. The number of benzene rings is 2. The van der Waals surface area contributed by atoms with E-state index in [1.54, 1.807) is 12.0 Å². The van der Waals surface area contributed by atoms with E-state index in [2.05, 4.69) is 0 Å². The van der Waals surface area contributed by atoms with Crippen LogP contribution in [0.1, 0.15) is 36.5 Å². The van der Waals surface area contributed by atoms with Crippen molar-refractivity contribution in [1.29, 1.82) is 0 Å². The van der Waals surface area contributed by atoms with Crippen molar-refractivity contribution in [3.05, 3.63) is 75.6 Å². The van der Waals surface area contributed by atoms with Crippen molar-refractivity contribution < 1.29 is 14.4 Å². The van der Waals surface area contributed by atoms with Crippen LogP contribution in [0.4, 0.5) is 0 Å². The molecule has 5 nitrogen and oxygen atoms in total. The predicted octanol–water partition coefficient (Wildman–Crippen LogP) is 3.85. The van der Waals surface area contributed by atoms with E-state index >= 15 is 0 Å². The third-order valence-corrected chi connectivity index (χ3v) is 5.10. The topological polar surface area (TPSA) is 62.9 Å². The van der Waals surface area contributed by atoms with Crippen LogP contribution in [0.5, 0.6) is 5.75 Å². The summed E-state index contributed by atoms with van der Waals surface area (Å²) >= 11 is 0. The largest absolute Gasteiger partial charge is 0.422 e. The van der Waals surface area contributed by atoms with E-state index in [0.29, 0.717) is 24.4 Å². The third-order valence-electron chi connectivity index (χ3n) is 5.10. The molecule has 1 aromatic heterocycles. The minimum atomic E-state index is -0.537. The highest BCUT2D eigenvalue weighted by Crippen LogP contribution is 2.34. The molecule has 0 amide bonds. The first-order chi connectivity index (χ1) is 13.6. The molecule has 0 fully saturated rings. The van der Waals surface area contributed by atoms with E-state index in [1.807, 2.05) is 48.5 Å². The van der Waals surface area contributed by atoms with Gasteiger partial charge >= 0.3 is 5.63 Å². The van der Waals surface area contributed by atoms with Gasteiger partial charge in [-0.1, -0.05) is 36.4 Å². The Balaban J connectivity index is 1.73. The molecule has 0 bridgehead atoms. The number of hydroxylamine groups is 2. The highest BCUT2D eigenvalue weighted by atomic mass is 16.7. The molecule has 5 heteroatoms. The second-order valence-electron chi connectivity index (χ2n) is 7.43. The van der Waals surface area contributed by atoms with E-state index in [9.17, 15) is 9.90 Å². The average molecular weight is 379 g/mol. The monoisotopic (exact) mass is 379 g/mol. The van der Waals surface area contributed by atoms with Crippen LogP contribution in [-0.2, 0) is 19.4 Å². The Kier molecular flexibility index (Phi) is 5.46. The lowest BCUT2D eigenvalue weighted by atomic mass is 9.90. The molecule has 2 aromatic carbocycles. The fourth-order valence-corrected chi connectivity index (χ4v) is 3.89. The standard InChI is InChI=1S/C23H25NO4/c1-16(25)14-24(15-17-8-3-2-4-9-17)28-21-13-7-12-20-22(21)18-10-5-6-11-19(18)23(26)27-20/h2-4,7-9,12-13,16,25H,5-6,10-11,14-15H2,1H3. The summed E-state index contributed by atoms with van der Waals surface area (Å²) in [7, 11) is 0. The maximum atomic E-state index is 12.3. The summed E-state index contributed by atoms with van der Waals surface area (Å²) < 4.78 is 5.58. The molecule has 1 atom stereocenters. The van der Waals surface area contributed by atoms with E-state index in [4.69, 9.17) is 9.25 Å². The molecular weight excluding hydrogens is 354 g/mol. The first-order valence-electron chi connectivity index (χ1n) is 9.84. The summed E-state index contributed by atoms with van der Waals surface area (Å²) in [5.41, 5.74) is 3.24. The Labute approximate surface area is 164 Å². The Bertz CT molecular complexity index is 1010. The molecule has 0 radical (unpaired) electrons. The molecule has 3 aromatic rings. The molecule has 0 saturated carbocycles. The maximum absolute atomic E-state index is 12.3. The molecule has 1 aliphatic carbocycles. The van der Waals surface area contributed by atoms with Crippen LogP contribution in [0.25, 0.3) is 11.0 Å². The second kappa shape index (κ2) is 8.17. The molecule has 1 heterocycles. The van der Waals surface area contributed by atoms with Gasteiger partial charge in [-0.2, -0.15) is 0 Å². The number of rotatable bonds is 6. The molecule has 0 aliphatic heterocycles. The number of hydrogen-bond acceptors (Lipinski definition) is 5. The molecule has 1 aliphatic rings. The van der Waals surface area contributed by atoms with Gasteiger partial charge in [0.1, 0.15) is 5.58 Å². The van der Waals surface area contributed by atoms with Gasteiger partial charge in [-0.3, -0.25) is 0 Å². The van der Waals surface area contributed by atoms with E-state index < -0.39 is 6.10 Å². The van der Waals surface area contributed by atoms with E-state index in [-0.39, 0.29) is 5.63 Å². The number of nitrogens with zero attached hydrogens (tertiary/aromatic N) is 1. The summed E-state index contributed by atoms with van der Waals surface area (Å²) in [5, 5.41) is 12.6. The van der Waals surface area contributed by atoms with E-state index in [1.165, 1.54) is 0 Å².